The van der Waals surface area contributed by atoms with Gasteiger partial charge in [0.05, 0.1) is 18.0 Å². The highest BCUT2D eigenvalue weighted by Crippen LogP contribution is 2.38. The van der Waals surface area contributed by atoms with Crippen LogP contribution < -0.4 is 5.32 Å². The lowest BCUT2D eigenvalue weighted by atomic mass is 9.97. The summed E-state index contributed by atoms with van der Waals surface area (Å²) < 4.78 is 0. The Morgan fingerprint density at radius 2 is 2.17 bits per heavy atom. The third-order valence-corrected chi connectivity index (χ3v) is 5.53. The van der Waals surface area contributed by atoms with E-state index in [1.165, 1.54) is 23.3 Å². The van der Waals surface area contributed by atoms with Crippen molar-refractivity contribution in [2.75, 3.05) is 11.9 Å². The van der Waals surface area contributed by atoms with Crippen molar-refractivity contribution in [3.05, 3.63) is 46.9 Å². The Morgan fingerprint density at radius 3 is 3.00 bits per heavy atom. The molecule has 0 aliphatic heterocycles. The Balaban J connectivity index is 1.75. The number of pyridine rings is 1. The molecule has 3 heterocycles. The lowest BCUT2D eigenvalue weighted by Gasteiger charge is -2.18. The third kappa shape index (κ3) is 2.68. The molecular weight excluding hydrogens is 308 g/mol. The van der Waals surface area contributed by atoms with Gasteiger partial charge in [-0.05, 0) is 42.9 Å². The molecule has 0 radical (unpaired) electrons. The fourth-order valence-corrected chi connectivity index (χ4v) is 4.41. The van der Waals surface area contributed by atoms with Gasteiger partial charge in [0, 0.05) is 17.3 Å². The third-order valence-electron chi connectivity index (χ3n) is 4.33. The monoisotopic (exact) mass is 326 g/mol. The van der Waals surface area contributed by atoms with Crippen LogP contribution in [0.1, 0.15) is 34.9 Å². The van der Waals surface area contributed by atoms with Gasteiger partial charge in [-0.2, -0.15) is 0 Å². The maximum Gasteiger partial charge on any atom is 0.139 e. The second-order valence-electron chi connectivity index (χ2n) is 5.78. The molecule has 118 valence electrons. The van der Waals surface area contributed by atoms with E-state index in [4.69, 9.17) is 0 Å². The highest BCUT2D eigenvalue weighted by atomic mass is 32.1. The number of aromatic nitrogens is 3. The Morgan fingerprint density at radius 1 is 1.26 bits per heavy atom. The van der Waals surface area contributed by atoms with Crippen molar-refractivity contribution >= 4 is 27.4 Å². The van der Waals surface area contributed by atoms with E-state index in [1.807, 2.05) is 12.1 Å². The number of hydrogen-bond acceptors (Lipinski definition) is 6. The molecule has 23 heavy (non-hydrogen) atoms. The van der Waals surface area contributed by atoms with Crippen molar-refractivity contribution in [2.45, 2.75) is 31.7 Å². The zero-order valence-electron chi connectivity index (χ0n) is 12.7. The first-order chi connectivity index (χ1) is 11.4. The van der Waals surface area contributed by atoms with E-state index < -0.39 is 0 Å². The van der Waals surface area contributed by atoms with Gasteiger partial charge in [0.1, 0.15) is 17.0 Å². The number of thiophene rings is 1. The summed E-state index contributed by atoms with van der Waals surface area (Å²) in [6.07, 6.45) is 9.82. The van der Waals surface area contributed by atoms with Gasteiger partial charge < -0.3 is 10.4 Å². The molecule has 0 unspecified atom stereocenters. The fourth-order valence-electron chi connectivity index (χ4n) is 3.18. The molecule has 4 rings (SSSR count). The first-order valence-corrected chi connectivity index (χ1v) is 8.71. The van der Waals surface area contributed by atoms with Gasteiger partial charge in [-0.3, -0.25) is 4.98 Å². The van der Waals surface area contributed by atoms with Crippen molar-refractivity contribution in [2.24, 2.45) is 0 Å². The Hall–Kier alpha value is -2.05. The summed E-state index contributed by atoms with van der Waals surface area (Å²) in [6.45, 7) is -0.0104. The highest BCUT2D eigenvalue weighted by Gasteiger charge is 2.21. The van der Waals surface area contributed by atoms with Gasteiger partial charge in [0.15, 0.2) is 0 Å². The Labute approximate surface area is 138 Å². The molecular formula is C17H18N4OS. The maximum atomic E-state index is 9.77. The van der Waals surface area contributed by atoms with Crippen LogP contribution in [0.25, 0.3) is 10.2 Å². The quantitative estimate of drug-likeness (QED) is 0.771. The standard InChI is InChI=1S/C17H18N4OS/c22-9-13(11-4-3-7-18-8-11)21-16-15-12-5-1-2-6-14(12)23-17(15)20-10-19-16/h3-4,7-8,10,13,22H,1-2,5-6,9H2,(H,19,20,21)/t13-/m0/s1. The van der Waals surface area contributed by atoms with Crippen molar-refractivity contribution in [1.82, 2.24) is 15.0 Å². The van der Waals surface area contributed by atoms with Crippen molar-refractivity contribution < 1.29 is 5.11 Å². The predicted molar refractivity (Wildman–Crippen MR) is 91.7 cm³/mol. The topological polar surface area (TPSA) is 70.9 Å². The molecule has 1 aliphatic carbocycles. The van der Waals surface area contributed by atoms with Gasteiger partial charge in [-0.15, -0.1) is 11.3 Å². The van der Waals surface area contributed by atoms with Crippen LogP contribution in [-0.4, -0.2) is 26.7 Å². The number of nitrogens with one attached hydrogen (secondary N) is 1. The summed E-state index contributed by atoms with van der Waals surface area (Å²) in [4.78, 5) is 15.5. The van der Waals surface area contributed by atoms with Crippen molar-refractivity contribution in [3.63, 3.8) is 0 Å². The normalized spacial score (nSPS) is 15.3. The van der Waals surface area contributed by atoms with E-state index >= 15 is 0 Å². The predicted octanol–water partition coefficient (Wildman–Crippen LogP) is 3.11. The lowest BCUT2D eigenvalue weighted by molar-refractivity contribution is 0.276. The van der Waals surface area contributed by atoms with E-state index in [-0.39, 0.29) is 12.6 Å². The van der Waals surface area contributed by atoms with E-state index in [0.29, 0.717) is 0 Å². The number of anilines is 1. The van der Waals surface area contributed by atoms with E-state index in [2.05, 4.69) is 20.3 Å². The maximum absolute atomic E-state index is 9.77. The summed E-state index contributed by atoms with van der Waals surface area (Å²) in [5, 5.41) is 14.3. The van der Waals surface area contributed by atoms with E-state index in [1.54, 1.807) is 30.1 Å². The van der Waals surface area contributed by atoms with E-state index in [0.717, 1.165) is 34.4 Å². The van der Waals surface area contributed by atoms with Crippen LogP contribution in [0, 0.1) is 0 Å². The van der Waals surface area contributed by atoms with Crippen molar-refractivity contribution in [1.29, 1.82) is 0 Å². The molecule has 0 aromatic carbocycles. The average molecular weight is 326 g/mol. The first-order valence-electron chi connectivity index (χ1n) is 7.89. The minimum atomic E-state index is -0.221. The van der Waals surface area contributed by atoms with Crippen LogP contribution in [-0.2, 0) is 12.8 Å². The van der Waals surface area contributed by atoms with Gasteiger partial charge in [0.25, 0.3) is 0 Å². The number of aryl methyl sites for hydroxylation is 2. The molecule has 0 amide bonds. The molecule has 2 N–H and O–H groups in total. The average Bonchev–Trinajstić information content (AvgIpc) is 2.99. The molecule has 1 atom stereocenters. The van der Waals surface area contributed by atoms with Gasteiger partial charge in [-0.1, -0.05) is 6.07 Å². The summed E-state index contributed by atoms with van der Waals surface area (Å²) in [7, 11) is 0. The molecule has 5 nitrogen and oxygen atoms in total. The van der Waals surface area contributed by atoms with Gasteiger partial charge in [-0.25, -0.2) is 9.97 Å². The zero-order chi connectivity index (χ0) is 15.6. The fraction of sp³-hybridized carbons (Fsp3) is 0.353. The second kappa shape index (κ2) is 6.22. The molecule has 0 spiro atoms. The summed E-state index contributed by atoms with van der Waals surface area (Å²) in [5.74, 6) is 0.817. The van der Waals surface area contributed by atoms with E-state index in [9.17, 15) is 5.11 Å². The zero-order valence-corrected chi connectivity index (χ0v) is 13.5. The molecule has 3 aromatic rings. The second-order valence-corrected chi connectivity index (χ2v) is 6.86. The Kier molecular flexibility index (Phi) is 3.93. The van der Waals surface area contributed by atoms with Crippen LogP contribution in [0.4, 0.5) is 5.82 Å². The van der Waals surface area contributed by atoms with Gasteiger partial charge >= 0.3 is 0 Å². The largest absolute Gasteiger partial charge is 0.394 e. The highest BCUT2D eigenvalue weighted by molar-refractivity contribution is 7.19. The number of aliphatic hydroxyl groups excluding tert-OH is 1. The molecule has 0 saturated heterocycles. The number of aliphatic hydroxyl groups is 1. The molecule has 0 bridgehead atoms. The van der Waals surface area contributed by atoms with Crippen LogP contribution in [0.15, 0.2) is 30.9 Å². The van der Waals surface area contributed by atoms with Crippen molar-refractivity contribution in [3.8, 4) is 0 Å². The smallest absolute Gasteiger partial charge is 0.139 e. The van der Waals surface area contributed by atoms with Crippen LogP contribution in [0.2, 0.25) is 0 Å². The molecule has 0 saturated carbocycles. The van der Waals surface area contributed by atoms with Gasteiger partial charge in [0.2, 0.25) is 0 Å². The molecule has 3 aromatic heterocycles. The molecule has 0 fully saturated rings. The first kappa shape index (κ1) is 14.5. The number of nitrogens with zero attached hydrogens (tertiary/aromatic N) is 3. The number of hydrogen-bond donors (Lipinski definition) is 2. The minimum absolute atomic E-state index is 0.0104. The molecule has 1 aliphatic rings. The van der Waals surface area contributed by atoms with Crippen LogP contribution in [0.3, 0.4) is 0 Å². The summed E-state index contributed by atoms with van der Waals surface area (Å²) in [6, 6.07) is 3.62. The SMILES string of the molecule is OC[C@H](Nc1ncnc2sc3c(c12)CCCC3)c1cccnc1. The van der Waals surface area contributed by atoms with Crippen LogP contribution >= 0.6 is 11.3 Å². The molecule has 6 heteroatoms. The van der Waals surface area contributed by atoms with Crippen LogP contribution in [0.5, 0.6) is 0 Å². The number of fused-ring (bicyclic) bond motifs is 3. The Bertz CT molecular complexity index is 818. The minimum Gasteiger partial charge on any atom is -0.394 e. The summed E-state index contributed by atoms with van der Waals surface area (Å²) in [5.41, 5.74) is 2.34. The lowest BCUT2D eigenvalue weighted by Crippen LogP contribution is -2.16. The summed E-state index contributed by atoms with van der Waals surface area (Å²) >= 11 is 1.78. The number of rotatable bonds is 4.